The normalized spacial score (nSPS) is 11.8. The molecule has 0 radical (unpaired) electrons. The second kappa shape index (κ2) is 4.61. The first-order valence-corrected chi connectivity index (χ1v) is 4.61. The van der Waals surface area contributed by atoms with Gasteiger partial charge in [0, 0.05) is 18.5 Å². The maximum absolute atomic E-state index is 12.7. The molecular formula is C10H13F3N2O. The highest BCUT2D eigenvalue weighted by molar-refractivity contribution is 5.63. The molecule has 0 aliphatic heterocycles. The highest BCUT2D eigenvalue weighted by atomic mass is 19.4. The molecule has 3 nitrogen and oxygen atoms in total. The number of hydrogen-bond donors (Lipinski definition) is 2. The van der Waals surface area contributed by atoms with Crippen LogP contribution in [0, 0.1) is 0 Å². The van der Waals surface area contributed by atoms with Gasteiger partial charge in [-0.3, -0.25) is 0 Å². The summed E-state index contributed by atoms with van der Waals surface area (Å²) >= 11 is 0. The zero-order valence-corrected chi connectivity index (χ0v) is 8.77. The van der Waals surface area contributed by atoms with Gasteiger partial charge >= 0.3 is 6.18 Å². The third-order valence-electron chi connectivity index (χ3n) is 2.22. The van der Waals surface area contributed by atoms with Gasteiger partial charge in [-0.05, 0) is 24.1 Å². The summed E-state index contributed by atoms with van der Waals surface area (Å²) in [6.07, 6.45) is -4.41. The Morgan fingerprint density at radius 2 is 1.75 bits per heavy atom. The van der Waals surface area contributed by atoms with Crippen LogP contribution >= 0.6 is 0 Å². The summed E-state index contributed by atoms with van der Waals surface area (Å²) in [6.45, 7) is 0.163. The standard InChI is InChI=1S/C10H13F3N2O/c1-16-5-4-6-7(14)2-3-8(15)9(6)10(11,12)13/h2-3H,4-5,14-15H2,1H3. The van der Waals surface area contributed by atoms with Crippen LogP contribution in [-0.4, -0.2) is 13.7 Å². The van der Waals surface area contributed by atoms with Crippen molar-refractivity contribution >= 4 is 11.4 Å². The largest absolute Gasteiger partial charge is 0.418 e. The third-order valence-corrected chi connectivity index (χ3v) is 2.22. The van der Waals surface area contributed by atoms with Gasteiger partial charge in [0.1, 0.15) is 0 Å². The van der Waals surface area contributed by atoms with Gasteiger partial charge in [-0.25, -0.2) is 0 Å². The van der Waals surface area contributed by atoms with E-state index in [9.17, 15) is 13.2 Å². The number of nitrogen functional groups attached to an aromatic ring is 2. The average molecular weight is 234 g/mol. The lowest BCUT2D eigenvalue weighted by Gasteiger charge is -2.17. The number of hydrogen-bond acceptors (Lipinski definition) is 3. The first kappa shape index (κ1) is 12.6. The minimum atomic E-state index is -4.50. The fourth-order valence-corrected chi connectivity index (χ4v) is 1.49. The Kier molecular flexibility index (Phi) is 3.64. The Hall–Kier alpha value is -1.43. The van der Waals surface area contributed by atoms with Gasteiger partial charge in [0.15, 0.2) is 0 Å². The molecule has 4 N–H and O–H groups in total. The van der Waals surface area contributed by atoms with Crippen LogP contribution in [-0.2, 0) is 17.3 Å². The van der Waals surface area contributed by atoms with E-state index in [1.54, 1.807) is 0 Å². The van der Waals surface area contributed by atoms with Crippen molar-refractivity contribution in [1.82, 2.24) is 0 Å². The van der Waals surface area contributed by atoms with Gasteiger partial charge in [0.25, 0.3) is 0 Å². The Balaban J connectivity index is 3.26. The Bertz CT molecular complexity index is 377. The minimum Gasteiger partial charge on any atom is -0.398 e. The molecule has 1 rings (SSSR count). The van der Waals surface area contributed by atoms with E-state index in [-0.39, 0.29) is 30.0 Å². The molecule has 0 amide bonds. The first-order valence-electron chi connectivity index (χ1n) is 4.61. The van der Waals surface area contributed by atoms with E-state index in [4.69, 9.17) is 16.2 Å². The van der Waals surface area contributed by atoms with Gasteiger partial charge < -0.3 is 16.2 Å². The SMILES string of the molecule is COCCc1c(N)ccc(N)c1C(F)(F)F. The van der Waals surface area contributed by atoms with E-state index in [1.807, 2.05) is 0 Å². The lowest BCUT2D eigenvalue weighted by Crippen LogP contribution is -2.15. The second-order valence-electron chi connectivity index (χ2n) is 3.34. The zero-order chi connectivity index (χ0) is 12.3. The van der Waals surface area contributed by atoms with Gasteiger partial charge in [-0.2, -0.15) is 13.2 Å². The molecule has 0 aliphatic carbocycles. The molecule has 0 saturated heterocycles. The molecule has 0 atom stereocenters. The van der Waals surface area contributed by atoms with Crippen LogP contribution in [0.1, 0.15) is 11.1 Å². The number of methoxy groups -OCH3 is 1. The van der Waals surface area contributed by atoms with E-state index in [1.165, 1.54) is 13.2 Å². The van der Waals surface area contributed by atoms with Crippen LogP contribution in [0.15, 0.2) is 12.1 Å². The van der Waals surface area contributed by atoms with E-state index in [0.717, 1.165) is 6.07 Å². The summed E-state index contributed by atoms with van der Waals surface area (Å²) in [5, 5.41) is 0. The van der Waals surface area contributed by atoms with Crippen LogP contribution in [0.25, 0.3) is 0 Å². The molecule has 6 heteroatoms. The topological polar surface area (TPSA) is 61.3 Å². The van der Waals surface area contributed by atoms with Gasteiger partial charge in [0.2, 0.25) is 0 Å². The fraction of sp³-hybridized carbons (Fsp3) is 0.400. The van der Waals surface area contributed by atoms with E-state index >= 15 is 0 Å². The van der Waals surface area contributed by atoms with Crippen LogP contribution < -0.4 is 11.5 Å². The molecule has 0 fully saturated rings. The second-order valence-corrected chi connectivity index (χ2v) is 3.34. The molecule has 0 spiro atoms. The smallest absolute Gasteiger partial charge is 0.398 e. The van der Waals surface area contributed by atoms with Gasteiger partial charge in [0.05, 0.1) is 12.2 Å². The number of alkyl halides is 3. The predicted octanol–water partition coefficient (Wildman–Crippen LogP) is 2.06. The predicted molar refractivity (Wildman–Crippen MR) is 55.8 cm³/mol. The van der Waals surface area contributed by atoms with Crippen LogP contribution in [0.2, 0.25) is 0 Å². The van der Waals surface area contributed by atoms with Crippen molar-refractivity contribution in [3.05, 3.63) is 23.3 Å². The van der Waals surface area contributed by atoms with Crippen LogP contribution in [0.3, 0.4) is 0 Å². The number of benzene rings is 1. The quantitative estimate of drug-likeness (QED) is 0.787. The van der Waals surface area contributed by atoms with Crippen molar-refractivity contribution in [3.63, 3.8) is 0 Å². The lowest BCUT2D eigenvalue weighted by molar-refractivity contribution is -0.137. The van der Waals surface area contributed by atoms with Gasteiger partial charge in [-0.1, -0.05) is 0 Å². The summed E-state index contributed by atoms with van der Waals surface area (Å²) in [6, 6.07) is 2.53. The summed E-state index contributed by atoms with van der Waals surface area (Å²) in [5.41, 5.74) is 9.76. The summed E-state index contributed by atoms with van der Waals surface area (Å²) in [7, 11) is 1.41. The maximum Gasteiger partial charge on any atom is 0.418 e. The third kappa shape index (κ3) is 2.57. The molecule has 1 aromatic carbocycles. The fourth-order valence-electron chi connectivity index (χ4n) is 1.49. The molecule has 1 aromatic rings. The molecule has 0 unspecified atom stereocenters. The maximum atomic E-state index is 12.7. The zero-order valence-electron chi connectivity index (χ0n) is 8.77. The highest BCUT2D eigenvalue weighted by Crippen LogP contribution is 2.38. The average Bonchev–Trinajstić information content (AvgIpc) is 2.17. The van der Waals surface area contributed by atoms with Crippen molar-refractivity contribution in [1.29, 1.82) is 0 Å². The first-order chi connectivity index (χ1) is 7.38. The van der Waals surface area contributed by atoms with E-state index < -0.39 is 11.7 Å². The molecule has 0 heterocycles. The highest BCUT2D eigenvalue weighted by Gasteiger charge is 2.36. The molecule has 16 heavy (non-hydrogen) atoms. The minimum absolute atomic E-state index is 0.00523. The van der Waals surface area contributed by atoms with E-state index in [0.29, 0.717) is 0 Å². The number of nitrogens with two attached hydrogens (primary N) is 2. The Labute approximate surface area is 91.2 Å². The van der Waals surface area contributed by atoms with Crippen LogP contribution in [0.4, 0.5) is 24.5 Å². The van der Waals surface area contributed by atoms with Crippen molar-refractivity contribution in [2.24, 2.45) is 0 Å². The van der Waals surface area contributed by atoms with Crippen molar-refractivity contribution in [2.75, 3.05) is 25.2 Å². The molecule has 0 saturated carbocycles. The monoisotopic (exact) mass is 234 g/mol. The number of rotatable bonds is 3. The Morgan fingerprint density at radius 3 is 2.25 bits per heavy atom. The number of anilines is 2. The van der Waals surface area contributed by atoms with Crippen LogP contribution in [0.5, 0.6) is 0 Å². The summed E-state index contributed by atoms with van der Waals surface area (Å²) in [4.78, 5) is 0. The van der Waals surface area contributed by atoms with Crippen molar-refractivity contribution in [2.45, 2.75) is 12.6 Å². The number of ether oxygens (including phenoxy) is 1. The van der Waals surface area contributed by atoms with Crippen molar-refractivity contribution < 1.29 is 17.9 Å². The molecule has 0 bridgehead atoms. The molecule has 90 valence electrons. The van der Waals surface area contributed by atoms with Crippen molar-refractivity contribution in [3.8, 4) is 0 Å². The number of halogens is 3. The van der Waals surface area contributed by atoms with E-state index in [2.05, 4.69) is 0 Å². The lowest BCUT2D eigenvalue weighted by atomic mass is 10.0. The molecule has 0 aromatic heterocycles. The summed E-state index contributed by atoms with van der Waals surface area (Å²) < 4.78 is 43.0. The molecular weight excluding hydrogens is 221 g/mol. The Morgan fingerprint density at radius 1 is 1.19 bits per heavy atom. The summed E-state index contributed by atoms with van der Waals surface area (Å²) in [5.74, 6) is 0. The molecule has 0 aliphatic rings. The van der Waals surface area contributed by atoms with Gasteiger partial charge in [-0.15, -0.1) is 0 Å².